The molecule has 2 aromatic rings. The summed E-state index contributed by atoms with van der Waals surface area (Å²) in [5.74, 6) is -0.567. The smallest absolute Gasteiger partial charge is 0.260 e. The molecule has 1 amide bonds. The molecule has 9 heteroatoms. The van der Waals surface area contributed by atoms with E-state index in [1.54, 1.807) is 56.3 Å². The maximum Gasteiger partial charge on any atom is 0.260 e. The lowest BCUT2D eigenvalue weighted by Crippen LogP contribution is -2.39. The molecule has 0 radical (unpaired) electrons. The lowest BCUT2D eigenvalue weighted by molar-refractivity contribution is -0.119. The standard InChI is InChI=1S/C18H19Cl2N3O3S/c1-12-10-16(20)8-9-17(12)23(27(3,25)26)11-18(24)22-21-13(2)14-4-6-15(19)7-5-14/h4-10H,11H2,1-3H3,(H,22,24)/b21-13-. The monoisotopic (exact) mass is 427 g/mol. The summed E-state index contributed by atoms with van der Waals surface area (Å²) in [5.41, 5.74) is 4.76. The minimum absolute atomic E-state index is 0.385. The molecule has 27 heavy (non-hydrogen) atoms. The van der Waals surface area contributed by atoms with Gasteiger partial charge in [0.15, 0.2) is 0 Å². The number of carbonyl (C=O) groups excluding carboxylic acids is 1. The van der Waals surface area contributed by atoms with Gasteiger partial charge < -0.3 is 0 Å². The summed E-state index contributed by atoms with van der Waals surface area (Å²) in [4.78, 5) is 12.3. The molecular formula is C18H19Cl2N3O3S. The first-order valence-electron chi connectivity index (χ1n) is 7.91. The Morgan fingerprint density at radius 3 is 2.26 bits per heavy atom. The van der Waals surface area contributed by atoms with Gasteiger partial charge in [-0.1, -0.05) is 35.3 Å². The van der Waals surface area contributed by atoms with Gasteiger partial charge in [-0.2, -0.15) is 5.10 Å². The molecule has 0 saturated carbocycles. The molecule has 1 N–H and O–H groups in total. The molecule has 0 aliphatic heterocycles. The molecule has 2 aromatic carbocycles. The molecular weight excluding hydrogens is 409 g/mol. The molecule has 144 valence electrons. The second kappa shape index (κ2) is 8.73. The minimum atomic E-state index is -3.68. The van der Waals surface area contributed by atoms with Gasteiger partial charge >= 0.3 is 0 Å². The fourth-order valence-electron chi connectivity index (χ4n) is 2.35. The number of rotatable bonds is 6. The van der Waals surface area contributed by atoms with Crippen molar-refractivity contribution in [1.29, 1.82) is 0 Å². The van der Waals surface area contributed by atoms with Gasteiger partial charge in [0.25, 0.3) is 5.91 Å². The van der Waals surface area contributed by atoms with Crippen molar-refractivity contribution in [3.63, 3.8) is 0 Å². The van der Waals surface area contributed by atoms with Crippen LogP contribution in [0.3, 0.4) is 0 Å². The number of anilines is 1. The molecule has 2 rings (SSSR count). The molecule has 0 heterocycles. The summed E-state index contributed by atoms with van der Waals surface area (Å²) in [6.07, 6.45) is 1.04. The van der Waals surface area contributed by atoms with Gasteiger partial charge in [0.05, 0.1) is 17.7 Å². The zero-order valence-corrected chi connectivity index (χ0v) is 17.4. The predicted molar refractivity (Wildman–Crippen MR) is 110 cm³/mol. The van der Waals surface area contributed by atoms with Gasteiger partial charge in [-0.3, -0.25) is 9.10 Å². The number of carbonyl (C=O) groups is 1. The number of amides is 1. The average molecular weight is 428 g/mol. The highest BCUT2D eigenvalue weighted by molar-refractivity contribution is 7.92. The van der Waals surface area contributed by atoms with Crippen LogP contribution in [-0.2, 0) is 14.8 Å². The quantitative estimate of drug-likeness (QED) is 0.564. The van der Waals surface area contributed by atoms with Crippen molar-refractivity contribution < 1.29 is 13.2 Å². The van der Waals surface area contributed by atoms with E-state index >= 15 is 0 Å². The van der Waals surface area contributed by atoms with E-state index in [1.807, 2.05) is 0 Å². The number of aryl methyl sites for hydroxylation is 1. The second-order valence-electron chi connectivity index (χ2n) is 5.94. The molecule has 0 spiro atoms. The number of hydrazone groups is 1. The summed E-state index contributed by atoms with van der Waals surface area (Å²) in [5, 5.41) is 5.10. The van der Waals surface area contributed by atoms with Crippen molar-refractivity contribution in [1.82, 2.24) is 5.43 Å². The molecule has 6 nitrogen and oxygen atoms in total. The van der Waals surface area contributed by atoms with Crippen molar-refractivity contribution in [2.24, 2.45) is 5.10 Å². The highest BCUT2D eigenvalue weighted by Gasteiger charge is 2.22. The normalized spacial score (nSPS) is 12.0. The Bertz CT molecular complexity index is 974. The van der Waals surface area contributed by atoms with Gasteiger partial charge in [-0.15, -0.1) is 0 Å². The number of halogens is 2. The molecule has 0 bridgehead atoms. The van der Waals surface area contributed by atoms with Crippen LogP contribution in [0.15, 0.2) is 47.6 Å². The first-order valence-corrected chi connectivity index (χ1v) is 10.5. The summed E-state index contributed by atoms with van der Waals surface area (Å²) < 4.78 is 25.3. The summed E-state index contributed by atoms with van der Waals surface area (Å²) in [6, 6.07) is 11.7. The van der Waals surface area contributed by atoms with Gasteiger partial charge in [0.2, 0.25) is 10.0 Å². The molecule has 0 fully saturated rings. The van der Waals surface area contributed by atoms with Crippen LogP contribution in [0, 0.1) is 6.92 Å². The van der Waals surface area contributed by atoms with Crippen molar-refractivity contribution in [3.8, 4) is 0 Å². The lowest BCUT2D eigenvalue weighted by atomic mass is 10.1. The van der Waals surface area contributed by atoms with E-state index in [1.165, 1.54) is 0 Å². The highest BCUT2D eigenvalue weighted by Crippen LogP contribution is 2.25. The first kappa shape index (κ1) is 21.2. The molecule has 0 aliphatic carbocycles. The van der Waals surface area contributed by atoms with Crippen molar-refractivity contribution in [2.75, 3.05) is 17.1 Å². The Morgan fingerprint density at radius 1 is 1.11 bits per heavy atom. The van der Waals surface area contributed by atoms with Crippen LogP contribution < -0.4 is 9.73 Å². The summed E-state index contributed by atoms with van der Waals surface area (Å²) >= 11 is 11.8. The van der Waals surface area contributed by atoms with Gasteiger partial charge in [-0.25, -0.2) is 13.8 Å². The second-order valence-corrected chi connectivity index (χ2v) is 8.72. The molecule has 0 aliphatic rings. The van der Waals surface area contributed by atoms with E-state index < -0.39 is 22.5 Å². The molecule has 0 aromatic heterocycles. The van der Waals surface area contributed by atoms with Gasteiger partial charge in [0, 0.05) is 10.0 Å². The zero-order valence-electron chi connectivity index (χ0n) is 15.0. The Kier molecular flexibility index (Phi) is 6.86. The van der Waals surface area contributed by atoms with Crippen molar-refractivity contribution in [3.05, 3.63) is 63.6 Å². The largest absolute Gasteiger partial charge is 0.271 e. The van der Waals surface area contributed by atoms with E-state index in [4.69, 9.17) is 23.2 Å². The van der Waals surface area contributed by atoms with Gasteiger partial charge in [0.1, 0.15) is 6.54 Å². The number of nitrogens with zero attached hydrogens (tertiary/aromatic N) is 2. The third kappa shape index (κ3) is 5.95. The Hall–Kier alpha value is -2.09. The summed E-state index contributed by atoms with van der Waals surface area (Å²) in [6.45, 7) is 3.04. The fraction of sp³-hybridized carbons (Fsp3) is 0.222. The zero-order chi connectivity index (χ0) is 20.2. The van der Waals surface area contributed by atoms with Crippen LogP contribution in [-0.4, -0.2) is 32.8 Å². The van der Waals surface area contributed by atoms with E-state index in [2.05, 4.69) is 10.5 Å². The van der Waals surface area contributed by atoms with E-state index in [0.717, 1.165) is 16.1 Å². The van der Waals surface area contributed by atoms with E-state index in [9.17, 15) is 13.2 Å². The number of benzene rings is 2. The first-order chi connectivity index (χ1) is 12.6. The van der Waals surface area contributed by atoms with Crippen LogP contribution in [0.2, 0.25) is 10.0 Å². The Balaban J connectivity index is 2.17. The molecule has 0 saturated heterocycles. The maximum atomic E-state index is 12.3. The Labute approximate surface area is 168 Å². The predicted octanol–water partition coefficient (Wildman–Crippen LogP) is 3.61. The van der Waals surface area contributed by atoms with E-state index in [-0.39, 0.29) is 0 Å². The average Bonchev–Trinajstić information content (AvgIpc) is 2.58. The number of hydrogen-bond acceptors (Lipinski definition) is 4. The van der Waals surface area contributed by atoms with Crippen molar-refractivity contribution in [2.45, 2.75) is 13.8 Å². The van der Waals surface area contributed by atoms with E-state index in [0.29, 0.717) is 27.0 Å². The third-order valence-corrected chi connectivity index (χ3v) is 5.34. The third-order valence-electron chi connectivity index (χ3n) is 3.73. The fourth-order valence-corrected chi connectivity index (χ4v) is 3.61. The van der Waals surface area contributed by atoms with Gasteiger partial charge in [-0.05, 0) is 55.3 Å². The van der Waals surface area contributed by atoms with Crippen LogP contribution >= 0.6 is 23.2 Å². The molecule has 0 atom stereocenters. The minimum Gasteiger partial charge on any atom is -0.271 e. The maximum absolute atomic E-state index is 12.3. The van der Waals surface area contributed by atoms with Crippen LogP contribution in [0.5, 0.6) is 0 Å². The number of nitrogens with one attached hydrogen (secondary N) is 1. The summed E-state index contributed by atoms with van der Waals surface area (Å²) in [7, 11) is -3.68. The molecule has 0 unspecified atom stereocenters. The topological polar surface area (TPSA) is 78.8 Å². The van der Waals surface area contributed by atoms with Crippen LogP contribution in [0.25, 0.3) is 0 Å². The number of hydrogen-bond donors (Lipinski definition) is 1. The van der Waals surface area contributed by atoms with Crippen LogP contribution in [0.1, 0.15) is 18.1 Å². The SMILES string of the molecule is C/C(=N/NC(=O)CN(c1ccc(Cl)cc1C)S(C)(=O)=O)c1ccc(Cl)cc1. The highest BCUT2D eigenvalue weighted by atomic mass is 35.5. The van der Waals surface area contributed by atoms with Crippen molar-refractivity contribution >= 4 is 50.5 Å². The lowest BCUT2D eigenvalue weighted by Gasteiger charge is -2.23. The number of sulfonamides is 1. The Morgan fingerprint density at radius 2 is 1.70 bits per heavy atom. The van der Waals surface area contributed by atoms with Crippen LogP contribution in [0.4, 0.5) is 5.69 Å².